The van der Waals surface area contributed by atoms with Crippen molar-refractivity contribution in [3.63, 3.8) is 0 Å². The molecule has 2 rings (SSSR count). The standard InChI is InChI=1S/C18H34N6O2/c1-15(2)21-16(25)13-20-18(19-3)24-11-9-22(10-12-24)14-17(26)23-7-5-4-6-8-23/h15H,4-14H2,1-3H3,(H,19,20)(H,21,25). The summed E-state index contributed by atoms with van der Waals surface area (Å²) >= 11 is 0. The number of amides is 2. The zero-order chi connectivity index (χ0) is 18.9. The Labute approximate surface area is 157 Å². The average molecular weight is 367 g/mol. The summed E-state index contributed by atoms with van der Waals surface area (Å²) in [5, 5.41) is 5.98. The van der Waals surface area contributed by atoms with Crippen molar-refractivity contribution in [2.45, 2.75) is 39.2 Å². The van der Waals surface area contributed by atoms with Gasteiger partial charge in [0.2, 0.25) is 11.8 Å². The highest BCUT2D eigenvalue weighted by molar-refractivity contribution is 5.86. The number of hydrogen-bond donors (Lipinski definition) is 2. The van der Waals surface area contributed by atoms with Gasteiger partial charge in [0.15, 0.2) is 5.96 Å². The Morgan fingerprint density at radius 3 is 2.19 bits per heavy atom. The minimum Gasteiger partial charge on any atom is -0.352 e. The molecule has 2 heterocycles. The molecule has 0 aromatic carbocycles. The highest BCUT2D eigenvalue weighted by Gasteiger charge is 2.24. The quantitative estimate of drug-likeness (QED) is 0.517. The number of piperidine rings is 1. The number of likely N-dealkylation sites (tertiary alicyclic amines) is 1. The number of aliphatic imine (C=N–C) groups is 1. The lowest BCUT2D eigenvalue weighted by Gasteiger charge is -2.37. The number of guanidine groups is 1. The maximum Gasteiger partial charge on any atom is 0.239 e. The van der Waals surface area contributed by atoms with E-state index < -0.39 is 0 Å². The molecule has 2 aliphatic heterocycles. The lowest BCUT2D eigenvalue weighted by atomic mass is 10.1. The molecule has 0 saturated carbocycles. The summed E-state index contributed by atoms with van der Waals surface area (Å²) < 4.78 is 0. The molecule has 0 bridgehead atoms. The second-order valence-electron chi connectivity index (χ2n) is 7.33. The number of nitrogens with zero attached hydrogens (tertiary/aromatic N) is 4. The highest BCUT2D eigenvalue weighted by Crippen LogP contribution is 2.10. The lowest BCUT2D eigenvalue weighted by Crippen LogP contribution is -2.55. The summed E-state index contributed by atoms with van der Waals surface area (Å²) in [6.45, 7) is 9.71. The van der Waals surface area contributed by atoms with Crippen molar-refractivity contribution in [1.82, 2.24) is 25.3 Å². The Balaban J connectivity index is 1.72. The minimum atomic E-state index is -0.0353. The zero-order valence-electron chi connectivity index (χ0n) is 16.5. The lowest BCUT2D eigenvalue weighted by molar-refractivity contribution is -0.133. The summed E-state index contributed by atoms with van der Waals surface area (Å²) in [6.07, 6.45) is 3.50. The van der Waals surface area contributed by atoms with Gasteiger partial charge < -0.3 is 20.4 Å². The van der Waals surface area contributed by atoms with Crippen LogP contribution in [0, 0.1) is 0 Å². The van der Waals surface area contributed by atoms with E-state index >= 15 is 0 Å². The summed E-state index contributed by atoms with van der Waals surface area (Å²) in [6, 6.07) is 0.132. The molecule has 0 aromatic heterocycles. The van der Waals surface area contributed by atoms with Crippen LogP contribution in [0.4, 0.5) is 0 Å². The second-order valence-corrected chi connectivity index (χ2v) is 7.33. The van der Waals surface area contributed by atoms with Crippen molar-refractivity contribution < 1.29 is 9.59 Å². The van der Waals surface area contributed by atoms with E-state index in [-0.39, 0.29) is 24.4 Å². The normalized spacial score (nSPS) is 19.6. The van der Waals surface area contributed by atoms with Crippen molar-refractivity contribution in [2.75, 3.05) is 59.4 Å². The van der Waals surface area contributed by atoms with E-state index in [4.69, 9.17) is 0 Å². The van der Waals surface area contributed by atoms with E-state index in [1.54, 1.807) is 7.05 Å². The maximum absolute atomic E-state index is 12.4. The molecule has 8 nitrogen and oxygen atoms in total. The molecule has 2 fully saturated rings. The van der Waals surface area contributed by atoms with Crippen molar-refractivity contribution in [3.05, 3.63) is 0 Å². The third kappa shape index (κ3) is 6.48. The molecular weight excluding hydrogens is 332 g/mol. The van der Waals surface area contributed by atoms with Gasteiger partial charge in [0, 0.05) is 52.4 Å². The van der Waals surface area contributed by atoms with Crippen molar-refractivity contribution in [3.8, 4) is 0 Å². The largest absolute Gasteiger partial charge is 0.352 e. The zero-order valence-corrected chi connectivity index (χ0v) is 16.5. The molecular formula is C18H34N6O2. The van der Waals surface area contributed by atoms with Gasteiger partial charge in [0.25, 0.3) is 0 Å². The van der Waals surface area contributed by atoms with Crippen molar-refractivity contribution >= 4 is 17.8 Å². The number of carbonyl (C=O) groups excluding carboxylic acids is 2. The third-order valence-electron chi connectivity index (χ3n) is 4.81. The molecule has 0 unspecified atom stereocenters. The fourth-order valence-electron chi connectivity index (χ4n) is 3.42. The van der Waals surface area contributed by atoms with Gasteiger partial charge in [-0.3, -0.25) is 19.5 Å². The van der Waals surface area contributed by atoms with Crippen LogP contribution in [0.5, 0.6) is 0 Å². The van der Waals surface area contributed by atoms with Crippen LogP contribution in [-0.4, -0.2) is 97.9 Å². The maximum atomic E-state index is 12.4. The molecule has 2 saturated heterocycles. The van der Waals surface area contributed by atoms with Gasteiger partial charge in [0.05, 0.1) is 13.1 Å². The fraction of sp³-hybridized carbons (Fsp3) is 0.833. The highest BCUT2D eigenvalue weighted by atomic mass is 16.2. The van der Waals surface area contributed by atoms with Crippen molar-refractivity contribution in [2.24, 2.45) is 4.99 Å². The van der Waals surface area contributed by atoms with E-state index in [0.717, 1.165) is 58.1 Å². The van der Waals surface area contributed by atoms with Gasteiger partial charge in [-0.2, -0.15) is 0 Å². The van der Waals surface area contributed by atoms with E-state index in [0.29, 0.717) is 6.54 Å². The fourth-order valence-corrected chi connectivity index (χ4v) is 3.42. The van der Waals surface area contributed by atoms with Crippen LogP contribution in [0.25, 0.3) is 0 Å². The summed E-state index contributed by atoms with van der Waals surface area (Å²) in [5.74, 6) is 0.962. The predicted molar refractivity (Wildman–Crippen MR) is 103 cm³/mol. The third-order valence-corrected chi connectivity index (χ3v) is 4.81. The molecule has 8 heteroatoms. The Kier molecular flexibility index (Phi) is 8.15. The van der Waals surface area contributed by atoms with E-state index in [2.05, 4.69) is 25.4 Å². The van der Waals surface area contributed by atoms with Gasteiger partial charge >= 0.3 is 0 Å². The topological polar surface area (TPSA) is 80.3 Å². The molecule has 26 heavy (non-hydrogen) atoms. The van der Waals surface area contributed by atoms with Gasteiger partial charge in [-0.1, -0.05) is 0 Å². The van der Waals surface area contributed by atoms with Crippen LogP contribution in [-0.2, 0) is 9.59 Å². The first-order valence-corrected chi connectivity index (χ1v) is 9.74. The number of nitrogens with one attached hydrogen (secondary N) is 2. The number of rotatable bonds is 5. The van der Waals surface area contributed by atoms with Gasteiger partial charge in [0.1, 0.15) is 0 Å². The molecule has 148 valence electrons. The van der Waals surface area contributed by atoms with Crippen LogP contribution in [0.1, 0.15) is 33.1 Å². The minimum absolute atomic E-state index is 0.0353. The molecule has 2 amide bonds. The number of hydrogen-bond acceptors (Lipinski definition) is 4. The Hall–Kier alpha value is -1.83. The Morgan fingerprint density at radius 2 is 1.62 bits per heavy atom. The van der Waals surface area contributed by atoms with Crippen LogP contribution >= 0.6 is 0 Å². The Bertz CT molecular complexity index is 494. The molecule has 0 atom stereocenters. The second kappa shape index (κ2) is 10.4. The first kappa shape index (κ1) is 20.5. The first-order valence-electron chi connectivity index (χ1n) is 9.74. The average Bonchev–Trinajstić information content (AvgIpc) is 2.63. The van der Waals surface area contributed by atoms with E-state index in [1.807, 2.05) is 18.7 Å². The van der Waals surface area contributed by atoms with Crippen LogP contribution in [0.3, 0.4) is 0 Å². The SMILES string of the molecule is CN=C(NCC(=O)NC(C)C)N1CCN(CC(=O)N2CCCCC2)CC1. The molecule has 0 aromatic rings. The summed E-state index contributed by atoms with van der Waals surface area (Å²) in [4.78, 5) is 34.8. The summed E-state index contributed by atoms with van der Waals surface area (Å²) in [7, 11) is 1.73. The molecule has 2 N–H and O–H groups in total. The van der Waals surface area contributed by atoms with Crippen LogP contribution < -0.4 is 10.6 Å². The van der Waals surface area contributed by atoms with Gasteiger partial charge in [-0.15, -0.1) is 0 Å². The number of carbonyl (C=O) groups is 2. The van der Waals surface area contributed by atoms with Gasteiger partial charge in [-0.05, 0) is 33.1 Å². The molecule has 2 aliphatic rings. The van der Waals surface area contributed by atoms with Gasteiger partial charge in [-0.25, -0.2) is 0 Å². The monoisotopic (exact) mass is 366 g/mol. The molecule has 0 radical (unpaired) electrons. The van der Waals surface area contributed by atoms with Crippen LogP contribution in [0.15, 0.2) is 4.99 Å². The van der Waals surface area contributed by atoms with Crippen molar-refractivity contribution in [1.29, 1.82) is 0 Å². The van der Waals surface area contributed by atoms with Crippen LogP contribution in [0.2, 0.25) is 0 Å². The number of piperazine rings is 1. The predicted octanol–water partition coefficient (Wildman–Crippen LogP) is -0.283. The summed E-state index contributed by atoms with van der Waals surface area (Å²) in [5.41, 5.74) is 0. The Morgan fingerprint density at radius 1 is 0.962 bits per heavy atom. The van der Waals surface area contributed by atoms with E-state index in [1.165, 1.54) is 6.42 Å². The molecule has 0 spiro atoms. The first-order chi connectivity index (χ1) is 12.5. The smallest absolute Gasteiger partial charge is 0.239 e. The van der Waals surface area contributed by atoms with E-state index in [9.17, 15) is 9.59 Å². The molecule has 0 aliphatic carbocycles.